The van der Waals surface area contributed by atoms with Crippen LogP contribution in [0.5, 0.6) is 0 Å². The van der Waals surface area contributed by atoms with Crippen LogP contribution >= 0.6 is 0 Å². The summed E-state index contributed by atoms with van der Waals surface area (Å²) in [5.41, 5.74) is 0. The van der Waals surface area contributed by atoms with E-state index in [2.05, 4.69) is 24.1 Å². The summed E-state index contributed by atoms with van der Waals surface area (Å²) in [7, 11) is 1.46. The molecule has 2 unspecified atom stereocenters. The normalized spacial score (nSPS) is 27.5. The van der Waals surface area contributed by atoms with E-state index in [0.717, 1.165) is 31.5 Å². The number of carbonyl (C=O) groups excluding carboxylic acids is 1. The van der Waals surface area contributed by atoms with Crippen LogP contribution in [-0.2, 0) is 9.53 Å². The second-order valence-corrected chi connectivity index (χ2v) is 5.65. The number of hydrogen-bond acceptors (Lipinski definition) is 3. The monoisotopic (exact) mass is 267 g/mol. The third-order valence-electron chi connectivity index (χ3n) is 3.95. The molecule has 108 valence electrons. The summed E-state index contributed by atoms with van der Waals surface area (Å²) in [4.78, 5) is 18.6. The molecule has 1 aliphatic carbocycles. The number of likely N-dealkylation sites (tertiary alicyclic amines) is 1. The zero-order chi connectivity index (χ0) is 13.8. The third-order valence-corrected chi connectivity index (χ3v) is 3.95. The molecular weight excluding hydrogens is 242 g/mol. The number of methoxy groups -OCH3 is 1. The second kappa shape index (κ2) is 6.26. The molecule has 0 aromatic rings. The van der Waals surface area contributed by atoms with Crippen LogP contribution in [0.2, 0.25) is 0 Å². The Labute approximate surface area is 115 Å². The van der Waals surface area contributed by atoms with Crippen molar-refractivity contribution in [3.05, 3.63) is 0 Å². The van der Waals surface area contributed by atoms with Crippen LogP contribution in [0.1, 0.15) is 26.7 Å². The van der Waals surface area contributed by atoms with Crippen molar-refractivity contribution in [1.29, 1.82) is 0 Å². The Balaban J connectivity index is 1.97. The van der Waals surface area contributed by atoms with E-state index >= 15 is 0 Å². The first kappa shape index (κ1) is 14.2. The van der Waals surface area contributed by atoms with Gasteiger partial charge in [0.1, 0.15) is 0 Å². The maximum Gasteiger partial charge on any atom is 0.310 e. The highest BCUT2D eigenvalue weighted by molar-refractivity contribution is 5.82. The van der Waals surface area contributed by atoms with Crippen LogP contribution in [-0.4, -0.2) is 50.1 Å². The zero-order valence-corrected chi connectivity index (χ0v) is 12.2. The van der Waals surface area contributed by atoms with Gasteiger partial charge in [-0.2, -0.15) is 0 Å². The molecule has 2 atom stereocenters. The highest BCUT2D eigenvalue weighted by Gasteiger charge is 2.37. The maximum atomic E-state index is 11.7. The number of hydrogen-bond donors (Lipinski definition) is 1. The Morgan fingerprint density at radius 1 is 1.42 bits per heavy atom. The van der Waals surface area contributed by atoms with Crippen molar-refractivity contribution in [2.24, 2.45) is 22.7 Å². The largest absolute Gasteiger partial charge is 0.469 e. The second-order valence-electron chi connectivity index (χ2n) is 5.65. The van der Waals surface area contributed by atoms with E-state index < -0.39 is 0 Å². The minimum absolute atomic E-state index is 0.0326. The van der Waals surface area contributed by atoms with Gasteiger partial charge in [0.05, 0.1) is 13.0 Å². The van der Waals surface area contributed by atoms with Gasteiger partial charge < -0.3 is 15.0 Å². The van der Waals surface area contributed by atoms with Gasteiger partial charge >= 0.3 is 5.97 Å². The number of carbonyl (C=O) groups is 1. The molecule has 2 aliphatic rings. The van der Waals surface area contributed by atoms with E-state index in [4.69, 9.17) is 9.73 Å². The standard InChI is InChI=1S/C14H25N3O2/c1-4-15-14(16-7-11-5-6-11)17-8-10(2)12(9-17)13(18)19-3/h10-12H,4-9H2,1-3H3,(H,15,16). The Hall–Kier alpha value is -1.26. The number of aliphatic imine (C=N–C) groups is 1. The number of guanidine groups is 1. The van der Waals surface area contributed by atoms with Crippen molar-refractivity contribution in [2.45, 2.75) is 26.7 Å². The van der Waals surface area contributed by atoms with Gasteiger partial charge in [0.15, 0.2) is 5.96 Å². The fourth-order valence-electron chi connectivity index (χ4n) is 2.54. The summed E-state index contributed by atoms with van der Waals surface area (Å²) >= 11 is 0. The molecule has 5 heteroatoms. The predicted octanol–water partition coefficient (Wildman–Crippen LogP) is 1.10. The van der Waals surface area contributed by atoms with Gasteiger partial charge in [-0.05, 0) is 31.6 Å². The molecule has 0 aromatic carbocycles. The van der Waals surface area contributed by atoms with E-state index in [1.807, 2.05) is 0 Å². The van der Waals surface area contributed by atoms with Crippen molar-refractivity contribution in [1.82, 2.24) is 10.2 Å². The SMILES string of the molecule is CCNC(=NCC1CC1)N1CC(C)C(C(=O)OC)C1. The van der Waals surface area contributed by atoms with Gasteiger partial charge in [-0.15, -0.1) is 0 Å². The first-order chi connectivity index (χ1) is 9.15. The third kappa shape index (κ3) is 3.61. The minimum Gasteiger partial charge on any atom is -0.469 e. The highest BCUT2D eigenvalue weighted by Crippen LogP contribution is 2.29. The summed E-state index contributed by atoms with van der Waals surface area (Å²) in [5.74, 6) is 1.91. The molecule has 0 amide bonds. The summed E-state index contributed by atoms with van der Waals surface area (Å²) < 4.78 is 4.87. The van der Waals surface area contributed by atoms with Gasteiger partial charge in [0, 0.05) is 26.2 Å². The van der Waals surface area contributed by atoms with E-state index in [1.165, 1.54) is 20.0 Å². The predicted molar refractivity (Wildman–Crippen MR) is 74.9 cm³/mol. The molecule has 1 saturated heterocycles. The number of ether oxygens (including phenoxy) is 1. The molecule has 5 nitrogen and oxygen atoms in total. The van der Waals surface area contributed by atoms with Crippen molar-refractivity contribution in [2.75, 3.05) is 33.3 Å². The van der Waals surface area contributed by atoms with E-state index in [1.54, 1.807) is 0 Å². The summed E-state index contributed by atoms with van der Waals surface area (Å²) in [6, 6.07) is 0. The molecule has 0 radical (unpaired) electrons. The first-order valence-corrected chi connectivity index (χ1v) is 7.26. The smallest absolute Gasteiger partial charge is 0.310 e. The lowest BCUT2D eigenvalue weighted by Gasteiger charge is -2.21. The zero-order valence-electron chi connectivity index (χ0n) is 12.2. The molecule has 2 rings (SSSR count). The van der Waals surface area contributed by atoms with E-state index in [-0.39, 0.29) is 11.9 Å². The number of nitrogens with one attached hydrogen (secondary N) is 1. The van der Waals surface area contributed by atoms with Gasteiger partial charge in [0.25, 0.3) is 0 Å². The lowest BCUT2D eigenvalue weighted by Crippen LogP contribution is -2.40. The van der Waals surface area contributed by atoms with Crippen LogP contribution in [0.4, 0.5) is 0 Å². The fourth-order valence-corrected chi connectivity index (χ4v) is 2.54. The molecule has 0 aromatic heterocycles. The molecular formula is C14H25N3O2. The van der Waals surface area contributed by atoms with Gasteiger partial charge in [-0.1, -0.05) is 6.92 Å². The van der Waals surface area contributed by atoms with E-state index in [0.29, 0.717) is 12.5 Å². The summed E-state index contributed by atoms with van der Waals surface area (Å²) in [6.07, 6.45) is 2.62. The molecule has 1 heterocycles. The van der Waals surface area contributed by atoms with Crippen LogP contribution in [0.3, 0.4) is 0 Å². The number of esters is 1. The molecule has 1 saturated carbocycles. The topological polar surface area (TPSA) is 53.9 Å². The molecule has 1 aliphatic heterocycles. The number of rotatable bonds is 4. The molecule has 2 fully saturated rings. The van der Waals surface area contributed by atoms with Crippen molar-refractivity contribution >= 4 is 11.9 Å². The molecule has 1 N–H and O–H groups in total. The fraction of sp³-hybridized carbons (Fsp3) is 0.857. The van der Waals surface area contributed by atoms with E-state index in [9.17, 15) is 4.79 Å². The lowest BCUT2D eigenvalue weighted by atomic mass is 9.99. The quantitative estimate of drug-likeness (QED) is 0.471. The van der Waals surface area contributed by atoms with Crippen molar-refractivity contribution < 1.29 is 9.53 Å². The van der Waals surface area contributed by atoms with Gasteiger partial charge in [-0.3, -0.25) is 9.79 Å². The Morgan fingerprint density at radius 2 is 2.16 bits per heavy atom. The van der Waals surface area contributed by atoms with Crippen LogP contribution < -0.4 is 5.32 Å². The Morgan fingerprint density at radius 3 is 2.74 bits per heavy atom. The van der Waals surface area contributed by atoms with Crippen molar-refractivity contribution in [3.63, 3.8) is 0 Å². The molecule has 19 heavy (non-hydrogen) atoms. The number of nitrogens with zero attached hydrogens (tertiary/aromatic N) is 2. The first-order valence-electron chi connectivity index (χ1n) is 7.26. The maximum absolute atomic E-state index is 11.7. The molecule has 0 spiro atoms. The van der Waals surface area contributed by atoms with Crippen LogP contribution in [0.15, 0.2) is 4.99 Å². The molecule has 0 bridgehead atoms. The van der Waals surface area contributed by atoms with Crippen molar-refractivity contribution in [3.8, 4) is 0 Å². The minimum atomic E-state index is -0.104. The average molecular weight is 267 g/mol. The van der Waals surface area contributed by atoms with Crippen LogP contribution in [0.25, 0.3) is 0 Å². The van der Waals surface area contributed by atoms with Gasteiger partial charge in [0.2, 0.25) is 0 Å². The summed E-state index contributed by atoms with van der Waals surface area (Å²) in [5, 5.41) is 3.33. The summed E-state index contributed by atoms with van der Waals surface area (Å²) in [6.45, 7) is 7.53. The Bertz CT molecular complexity index is 353. The van der Waals surface area contributed by atoms with Crippen LogP contribution in [0, 0.1) is 17.8 Å². The lowest BCUT2D eigenvalue weighted by molar-refractivity contribution is -0.145. The van der Waals surface area contributed by atoms with Gasteiger partial charge in [-0.25, -0.2) is 0 Å². The highest BCUT2D eigenvalue weighted by atomic mass is 16.5. The Kier molecular flexibility index (Phi) is 4.66. The average Bonchev–Trinajstić information content (AvgIpc) is 3.15.